The molecule has 1 aromatic carbocycles. The molecular formula is C23H38N2O5. The molecule has 2 rings (SSSR count). The van der Waals surface area contributed by atoms with Gasteiger partial charge in [-0.25, -0.2) is 4.79 Å². The van der Waals surface area contributed by atoms with Gasteiger partial charge in [0.05, 0.1) is 38.6 Å². The highest BCUT2D eigenvalue weighted by molar-refractivity contribution is 5.67. The van der Waals surface area contributed by atoms with Crippen molar-refractivity contribution in [2.24, 2.45) is 0 Å². The number of nitrogens with one attached hydrogen (secondary N) is 2. The van der Waals surface area contributed by atoms with Crippen molar-refractivity contribution in [2.75, 3.05) is 39.5 Å². The Morgan fingerprint density at radius 1 is 1.07 bits per heavy atom. The number of carbonyl (C=O) groups excluding carboxylic acids is 1. The topological polar surface area (TPSA) is 78.1 Å². The molecule has 1 saturated heterocycles. The molecule has 0 radical (unpaired) electrons. The quantitative estimate of drug-likeness (QED) is 0.532. The van der Waals surface area contributed by atoms with E-state index in [1.165, 1.54) is 0 Å². The minimum atomic E-state index is -0.492. The van der Waals surface area contributed by atoms with E-state index in [0.717, 1.165) is 37.1 Å². The third-order valence-corrected chi connectivity index (χ3v) is 4.71. The zero-order chi connectivity index (χ0) is 21.9. The van der Waals surface area contributed by atoms with Crippen LogP contribution in [0.2, 0.25) is 0 Å². The predicted molar refractivity (Wildman–Crippen MR) is 116 cm³/mol. The number of hydrogen-bond acceptors (Lipinski definition) is 6. The van der Waals surface area contributed by atoms with E-state index in [-0.39, 0.29) is 5.60 Å². The Morgan fingerprint density at radius 3 is 2.27 bits per heavy atom. The number of rotatable bonds is 11. The minimum Gasteiger partial charge on any atom is -0.444 e. The van der Waals surface area contributed by atoms with Crippen LogP contribution in [-0.4, -0.2) is 56.8 Å². The summed E-state index contributed by atoms with van der Waals surface area (Å²) in [5, 5.41) is 6.06. The van der Waals surface area contributed by atoms with E-state index >= 15 is 0 Å². The number of carbonyl (C=O) groups is 1. The van der Waals surface area contributed by atoms with Gasteiger partial charge in [0.2, 0.25) is 0 Å². The highest BCUT2D eigenvalue weighted by Gasteiger charge is 2.26. The standard InChI is InChI=1S/C23H38N2O5/c1-22(2,3)30-21(26)25-12-13-27-16-19-6-8-20(9-7-19)17-28-14-15-29-23(4)10-5-11-24-18-23/h6-9,24H,5,10-18H2,1-4H3,(H,25,26)/t23-/m1/s1. The van der Waals surface area contributed by atoms with E-state index in [9.17, 15) is 4.79 Å². The molecule has 1 heterocycles. The van der Waals surface area contributed by atoms with Crippen LogP contribution in [0.15, 0.2) is 24.3 Å². The fraction of sp³-hybridized carbons (Fsp3) is 0.696. The minimum absolute atomic E-state index is 0.0638. The van der Waals surface area contributed by atoms with E-state index in [0.29, 0.717) is 39.6 Å². The second kappa shape index (κ2) is 12.2. The molecule has 0 spiro atoms. The van der Waals surface area contributed by atoms with Gasteiger partial charge < -0.3 is 29.6 Å². The molecule has 2 N–H and O–H groups in total. The second-order valence-electron chi connectivity index (χ2n) is 8.93. The second-order valence-corrected chi connectivity index (χ2v) is 8.93. The van der Waals surface area contributed by atoms with Crippen molar-refractivity contribution >= 4 is 6.09 Å². The van der Waals surface area contributed by atoms with Gasteiger partial charge in [-0.3, -0.25) is 0 Å². The molecular weight excluding hydrogens is 384 g/mol. The maximum absolute atomic E-state index is 11.5. The number of piperidine rings is 1. The van der Waals surface area contributed by atoms with Crippen LogP contribution in [0.4, 0.5) is 4.79 Å². The first-order valence-electron chi connectivity index (χ1n) is 10.8. The fourth-order valence-electron chi connectivity index (χ4n) is 3.15. The van der Waals surface area contributed by atoms with E-state index in [4.69, 9.17) is 18.9 Å². The molecule has 170 valence electrons. The van der Waals surface area contributed by atoms with Crippen LogP contribution in [-0.2, 0) is 32.2 Å². The van der Waals surface area contributed by atoms with Gasteiger partial charge in [-0.05, 0) is 58.2 Å². The van der Waals surface area contributed by atoms with Crippen molar-refractivity contribution in [3.8, 4) is 0 Å². The molecule has 1 atom stereocenters. The van der Waals surface area contributed by atoms with Crippen LogP contribution in [0, 0.1) is 0 Å². The van der Waals surface area contributed by atoms with Gasteiger partial charge in [0.15, 0.2) is 0 Å². The SMILES string of the molecule is CC(C)(C)OC(=O)NCCOCc1ccc(COCCO[C@]2(C)CCCNC2)cc1. The Balaban J connectivity index is 1.53. The molecule has 0 saturated carbocycles. The summed E-state index contributed by atoms with van der Waals surface area (Å²) >= 11 is 0. The number of hydrogen-bond donors (Lipinski definition) is 2. The third-order valence-electron chi connectivity index (χ3n) is 4.71. The lowest BCUT2D eigenvalue weighted by molar-refractivity contribution is -0.0698. The van der Waals surface area contributed by atoms with Gasteiger partial charge >= 0.3 is 6.09 Å². The molecule has 30 heavy (non-hydrogen) atoms. The molecule has 0 unspecified atom stereocenters. The Kier molecular flexibility index (Phi) is 10.0. The van der Waals surface area contributed by atoms with E-state index < -0.39 is 11.7 Å². The molecule has 1 fully saturated rings. The maximum atomic E-state index is 11.5. The van der Waals surface area contributed by atoms with Crippen LogP contribution in [0.25, 0.3) is 0 Å². The zero-order valence-electron chi connectivity index (χ0n) is 18.9. The fourth-order valence-corrected chi connectivity index (χ4v) is 3.15. The van der Waals surface area contributed by atoms with Gasteiger partial charge in [0, 0.05) is 13.1 Å². The molecule has 1 aromatic rings. The van der Waals surface area contributed by atoms with Crippen LogP contribution in [0.5, 0.6) is 0 Å². The van der Waals surface area contributed by atoms with Gasteiger partial charge in [-0.2, -0.15) is 0 Å². The van der Waals surface area contributed by atoms with Crippen molar-refractivity contribution in [3.05, 3.63) is 35.4 Å². The van der Waals surface area contributed by atoms with Gasteiger partial charge in [-0.1, -0.05) is 24.3 Å². The summed E-state index contributed by atoms with van der Waals surface area (Å²) in [7, 11) is 0. The smallest absolute Gasteiger partial charge is 0.407 e. The van der Waals surface area contributed by atoms with Crippen molar-refractivity contribution < 1.29 is 23.7 Å². The lowest BCUT2D eigenvalue weighted by Crippen LogP contribution is -2.45. The maximum Gasteiger partial charge on any atom is 0.407 e. The Labute approximate surface area is 180 Å². The monoisotopic (exact) mass is 422 g/mol. The Hall–Kier alpha value is -1.67. The highest BCUT2D eigenvalue weighted by Crippen LogP contribution is 2.19. The molecule has 1 aliphatic rings. The van der Waals surface area contributed by atoms with Crippen molar-refractivity contribution in [1.82, 2.24) is 10.6 Å². The Morgan fingerprint density at radius 2 is 1.70 bits per heavy atom. The lowest BCUT2D eigenvalue weighted by Gasteiger charge is -2.34. The average Bonchev–Trinajstić information content (AvgIpc) is 2.68. The number of benzene rings is 1. The van der Waals surface area contributed by atoms with Gasteiger partial charge in [-0.15, -0.1) is 0 Å². The lowest BCUT2D eigenvalue weighted by atomic mass is 9.96. The number of ether oxygens (including phenoxy) is 4. The van der Waals surface area contributed by atoms with Gasteiger partial charge in [0.25, 0.3) is 0 Å². The van der Waals surface area contributed by atoms with Crippen LogP contribution >= 0.6 is 0 Å². The number of alkyl carbamates (subject to hydrolysis) is 1. The van der Waals surface area contributed by atoms with Crippen molar-refractivity contribution in [1.29, 1.82) is 0 Å². The summed E-state index contributed by atoms with van der Waals surface area (Å²) in [5.41, 5.74) is 1.65. The van der Waals surface area contributed by atoms with Crippen molar-refractivity contribution in [2.45, 2.75) is 65.0 Å². The first-order chi connectivity index (χ1) is 14.3. The molecule has 7 nitrogen and oxygen atoms in total. The Bertz CT molecular complexity index is 621. The van der Waals surface area contributed by atoms with Gasteiger partial charge in [0.1, 0.15) is 5.60 Å². The molecule has 0 aliphatic carbocycles. The summed E-state index contributed by atoms with van der Waals surface area (Å²) in [5.74, 6) is 0. The molecule has 1 aliphatic heterocycles. The number of amides is 1. The van der Waals surface area contributed by atoms with E-state index in [2.05, 4.69) is 17.6 Å². The van der Waals surface area contributed by atoms with Crippen LogP contribution in [0.1, 0.15) is 51.7 Å². The summed E-state index contributed by atoms with van der Waals surface area (Å²) in [6.45, 7) is 12.8. The molecule has 1 amide bonds. The summed E-state index contributed by atoms with van der Waals surface area (Å²) in [4.78, 5) is 11.5. The van der Waals surface area contributed by atoms with Crippen molar-refractivity contribution in [3.63, 3.8) is 0 Å². The van der Waals surface area contributed by atoms with E-state index in [1.54, 1.807) is 0 Å². The third kappa shape index (κ3) is 10.4. The van der Waals surface area contributed by atoms with E-state index in [1.807, 2.05) is 45.0 Å². The predicted octanol–water partition coefficient (Wildman–Crippen LogP) is 3.40. The van der Waals surface area contributed by atoms with Crippen LogP contribution < -0.4 is 10.6 Å². The van der Waals surface area contributed by atoms with Crippen LogP contribution in [0.3, 0.4) is 0 Å². The largest absolute Gasteiger partial charge is 0.444 e. The summed E-state index contributed by atoms with van der Waals surface area (Å²) < 4.78 is 22.5. The summed E-state index contributed by atoms with van der Waals surface area (Å²) in [6, 6.07) is 8.16. The summed E-state index contributed by atoms with van der Waals surface area (Å²) in [6.07, 6.45) is 1.83. The molecule has 7 heteroatoms. The highest BCUT2D eigenvalue weighted by atomic mass is 16.6. The first-order valence-corrected chi connectivity index (χ1v) is 10.8. The first kappa shape index (κ1) is 24.6. The molecule has 0 aromatic heterocycles. The average molecular weight is 423 g/mol. The zero-order valence-corrected chi connectivity index (χ0v) is 18.9. The normalized spacial score (nSPS) is 19.5. The molecule has 0 bridgehead atoms.